The molecule has 1 aliphatic heterocycles. The van der Waals surface area contributed by atoms with Crippen LogP contribution in [0.4, 0.5) is 0 Å². The molecule has 1 aliphatic carbocycles. The molecule has 0 aromatic heterocycles. The first kappa shape index (κ1) is 16.5. The molecular formula is C21H18O5. The zero-order valence-electron chi connectivity index (χ0n) is 14.0. The van der Waals surface area contributed by atoms with Gasteiger partial charge in [0.15, 0.2) is 0 Å². The summed E-state index contributed by atoms with van der Waals surface area (Å²) in [7, 11) is 0. The number of fused-ring (bicyclic) bond motifs is 1. The molecular weight excluding hydrogens is 332 g/mol. The highest BCUT2D eigenvalue weighted by Gasteiger charge is 2.51. The van der Waals surface area contributed by atoms with Gasteiger partial charge in [0.25, 0.3) is 0 Å². The zero-order chi connectivity index (χ0) is 18.1. The number of hydrogen-bond acceptors (Lipinski definition) is 5. The number of aldehydes is 1. The van der Waals surface area contributed by atoms with Crippen molar-refractivity contribution in [3.63, 3.8) is 0 Å². The molecule has 0 bridgehead atoms. The Bertz CT molecular complexity index is 844. The second-order valence-corrected chi connectivity index (χ2v) is 6.74. The average molecular weight is 350 g/mol. The highest BCUT2D eigenvalue weighted by Crippen LogP contribution is 2.42. The minimum Gasteiger partial charge on any atom is -0.462 e. The third kappa shape index (κ3) is 3.01. The number of carbonyl (C=O) groups is 3. The SMILES string of the molecule is O=C[C@@H]1[C@H]2CC(=O)O[C@H]2C[C@H]1OC(=O)c1cccc(-c2ccccc2)c1. The summed E-state index contributed by atoms with van der Waals surface area (Å²) in [4.78, 5) is 35.4. The number of benzene rings is 2. The van der Waals surface area contributed by atoms with Crippen LogP contribution in [0.1, 0.15) is 23.2 Å². The predicted octanol–water partition coefficient (Wildman–Crippen LogP) is 3.03. The van der Waals surface area contributed by atoms with Gasteiger partial charge in [0.1, 0.15) is 18.5 Å². The van der Waals surface area contributed by atoms with E-state index in [1.807, 2.05) is 36.4 Å². The molecule has 2 aliphatic rings. The fraction of sp³-hybridized carbons (Fsp3) is 0.286. The quantitative estimate of drug-likeness (QED) is 0.626. The minimum absolute atomic E-state index is 0.187. The van der Waals surface area contributed by atoms with E-state index in [4.69, 9.17) is 9.47 Å². The lowest BCUT2D eigenvalue weighted by atomic mass is 9.93. The Morgan fingerprint density at radius 3 is 2.62 bits per heavy atom. The summed E-state index contributed by atoms with van der Waals surface area (Å²) in [6, 6.07) is 17.0. The first-order valence-corrected chi connectivity index (χ1v) is 8.67. The molecule has 1 heterocycles. The van der Waals surface area contributed by atoms with Crippen LogP contribution in [0.25, 0.3) is 11.1 Å². The smallest absolute Gasteiger partial charge is 0.338 e. The Morgan fingerprint density at radius 1 is 1.08 bits per heavy atom. The Kier molecular flexibility index (Phi) is 4.29. The molecule has 26 heavy (non-hydrogen) atoms. The van der Waals surface area contributed by atoms with Crippen LogP contribution in [0.3, 0.4) is 0 Å². The van der Waals surface area contributed by atoms with Gasteiger partial charge >= 0.3 is 11.9 Å². The molecule has 0 radical (unpaired) electrons. The highest BCUT2D eigenvalue weighted by molar-refractivity contribution is 5.91. The highest BCUT2D eigenvalue weighted by atomic mass is 16.6. The number of rotatable bonds is 4. The van der Waals surface area contributed by atoms with Gasteiger partial charge in [-0.15, -0.1) is 0 Å². The lowest BCUT2D eigenvalue weighted by Crippen LogP contribution is -2.27. The van der Waals surface area contributed by atoms with Crippen LogP contribution in [-0.2, 0) is 19.1 Å². The third-order valence-corrected chi connectivity index (χ3v) is 5.17. The molecule has 0 unspecified atom stereocenters. The number of hydrogen-bond donors (Lipinski definition) is 0. The van der Waals surface area contributed by atoms with E-state index in [1.54, 1.807) is 18.2 Å². The van der Waals surface area contributed by atoms with Gasteiger partial charge in [0, 0.05) is 12.3 Å². The standard InChI is InChI=1S/C21H18O5/c22-12-17-16-10-20(23)25-18(16)11-19(17)26-21(24)15-8-4-7-14(9-15)13-5-2-1-3-6-13/h1-9,12,16-19H,10-11H2/t16-,17-,18+,19-/m1/s1. The summed E-state index contributed by atoms with van der Waals surface area (Å²) in [6.07, 6.45) is 0.496. The molecule has 1 saturated carbocycles. The topological polar surface area (TPSA) is 69.7 Å². The first-order valence-electron chi connectivity index (χ1n) is 8.67. The lowest BCUT2D eigenvalue weighted by Gasteiger charge is -2.18. The van der Waals surface area contributed by atoms with Crippen molar-refractivity contribution in [2.75, 3.05) is 0 Å². The van der Waals surface area contributed by atoms with Crippen LogP contribution in [0, 0.1) is 11.8 Å². The molecule has 1 saturated heterocycles. The normalized spacial score (nSPS) is 26.8. The largest absolute Gasteiger partial charge is 0.462 e. The van der Waals surface area contributed by atoms with E-state index in [9.17, 15) is 14.4 Å². The maximum atomic E-state index is 12.6. The van der Waals surface area contributed by atoms with Crippen molar-refractivity contribution in [2.24, 2.45) is 11.8 Å². The minimum atomic E-state index is -0.552. The molecule has 2 aromatic carbocycles. The number of ether oxygens (including phenoxy) is 2. The van der Waals surface area contributed by atoms with Crippen molar-refractivity contribution in [2.45, 2.75) is 25.0 Å². The molecule has 2 fully saturated rings. The van der Waals surface area contributed by atoms with Gasteiger partial charge in [-0.25, -0.2) is 4.79 Å². The summed E-state index contributed by atoms with van der Waals surface area (Å²) >= 11 is 0. The summed E-state index contributed by atoms with van der Waals surface area (Å²) in [5, 5.41) is 0. The fourth-order valence-corrected chi connectivity index (χ4v) is 3.87. The van der Waals surface area contributed by atoms with E-state index in [0.29, 0.717) is 12.0 Å². The molecule has 0 amide bonds. The molecule has 0 N–H and O–H groups in total. The monoisotopic (exact) mass is 350 g/mol. The Morgan fingerprint density at radius 2 is 1.85 bits per heavy atom. The van der Waals surface area contributed by atoms with E-state index < -0.39 is 18.0 Å². The van der Waals surface area contributed by atoms with Crippen molar-refractivity contribution >= 4 is 18.2 Å². The van der Waals surface area contributed by atoms with Crippen molar-refractivity contribution in [3.8, 4) is 11.1 Å². The zero-order valence-corrected chi connectivity index (χ0v) is 14.0. The van der Waals surface area contributed by atoms with Crippen molar-refractivity contribution in [3.05, 3.63) is 60.2 Å². The van der Waals surface area contributed by atoms with Crippen LogP contribution >= 0.6 is 0 Å². The van der Waals surface area contributed by atoms with Crippen LogP contribution in [0.5, 0.6) is 0 Å². The average Bonchev–Trinajstić information content (AvgIpc) is 3.17. The van der Waals surface area contributed by atoms with E-state index in [0.717, 1.165) is 17.4 Å². The van der Waals surface area contributed by atoms with E-state index in [2.05, 4.69) is 0 Å². The van der Waals surface area contributed by atoms with Crippen LogP contribution in [0.2, 0.25) is 0 Å². The van der Waals surface area contributed by atoms with Crippen molar-refractivity contribution < 1.29 is 23.9 Å². The van der Waals surface area contributed by atoms with E-state index >= 15 is 0 Å². The molecule has 5 nitrogen and oxygen atoms in total. The number of carbonyl (C=O) groups excluding carboxylic acids is 3. The predicted molar refractivity (Wildman–Crippen MR) is 93.2 cm³/mol. The molecule has 132 valence electrons. The van der Waals surface area contributed by atoms with Crippen LogP contribution in [-0.4, -0.2) is 30.4 Å². The van der Waals surface area contributed by atoms with Crippen molar-refractivity contribution in [1.82, 2.24) is 0 Å². The van der Waals surface area contributed by atoms with Gasteiger partial charge in [-0.2, -0.15) is 0 Å². The summed E-state index contributed by atoms with van der Waals surface area (Å²) in [5.74, 6) is -1.43. The first-order chi connectivity index (χ1) is 12.7. The maximum Gasteiger partial charge on any atom is 0.338 e. The summed E-state index contributed by atoms with van der Waals surface area (Å²) in [5.41, 5.74) is 2.37. The molecule has 2 aromatic rings. The summed E-state index contributed by atoms with van der Waals surface area (Å²) in [6.45, 7) is 0. The van der Waals surface area contributed by atoms with Crippen LogP contribution in [0.15, 0.2) is 54.6 Å². The maximum absolute atomic E-state index is 12.6. The van der Waals surface area contributed by atoms with Gasteiger partial charge in [0.05, 0.1) is 17.9 Å². The van der Waals surface area contributed by atoms with Crippen LogP contribution < -0.4 is 0 Å². The molecule has 5 heteroatoms. The summed E-state index contributed by atoms with van der Waals surface area (Å²) < 4.78 is 10.8. The Labute approximate surface area is 150 Å². The van der Waals surface area contributed by atoms with Crippen molar-refractivity contribution in [1.29, 1.82) is 0 Å². The Balaban J connectivity index is 1.50. The van der Waals surface area contributed by atoms with Gasteiger partial charge < -0.3 is 14.3 Å². The molecule has 4 rings (SSSR count). The molecule has 0 spiro atoms. The van der Waals surface area contributed by atoms with Gasteiger partial charge in [-0.05, 0) is 23.3 Å². The van der Waals surface area contributed by atoms with E-state index in [-0.39, 0.29) is 24.4 Å². The second kappa shape index (κ2) is 6.75. The molecule has 4 atom stereocenters. The lowest BCUT2D eigenvalue weighted by molar-refractivity contribution is -0.141. The third-order valence-electron chi connectivity index (χ3n) is 5.17. The Hall–Kier alpha value is -2.95. The van der Waals surface area contributed by atoms with Gasteiger partial charge in [-0.3, -0.25) is 4.79 Å². The van der Waals surface area contributed by atoms with Gasteiger partial charge in [0.2, 0.25) is 0 Å². The number of esters is 2. The fourth-order valence-electron chi connectivity index (χ4n) is 3.87. The van der Waals surface area contributed by atoms with Gasteiger partial charge in [-0.1, -0.05) is 42.5 Å². The van der Waals surface area contributed by atoms with E-state index in [1.165, 1.54) is 0 Å². The second-order valence-electron chi connectivity index (χ2n) is 6.74.